The van der Waals surface area contributed by atoms with Gasteiger partial charge in [0.2, 0.25) is 0 Å². The molecule has 1 fully saturated rings. The first kappa shape index (κ1) is 17.3. The third kappa shape index (κ3) is 2.77. The van der Waals surface area contributed by atoms with Gasteiger partial charge in [0, 0.05) is 24.8 Å². The van der Waals surface area contributed by atoms with Crippen LogP contribution in [0.25, 0.3) is 10.8 Å². The number of benzene rings is 3. The minimum absolute atomic E-state index is 0.441. The Balaban J connectivity index is 1.36. The Hall–Kier alpha value is -2.83. The summed E-state index contributed by atoms with van der Waals surface area (Å²) in [6.07, 6.45) is 2.78. The summed E-state index contributed by atoms with van der Waals surface area (Å²) in [4.78, 5) is 2.59. The van der Waals surface area contributed by atoms with Crippen molar-refractivity contribution in [2.24, 2.45) is 0 Å². The van der Waals surface area contributed by atoms with Crippen LogP contribution in [0.2, 0.25) is 0 Å². The predicted octanol–water partition coefficient (Wildman–Crippen LogP) is 5.22. The van der Waals surface area contributed by atoms with Gasteiger partial charge in [0.1, 0.15) is 5.54 Å². The van der Waals surface area contributed by atoms with Crippen LogP contribution in [0.1, 0.15) is 35.6 Å². The molecule has 0 radical (unpaired) electrons. The van der Waals surface area contributed by atoms with Crippen LogP contribution in [0.5, 0.6) is 0 Å². The molecule has 1 heterocycles. The molecule has 2 aliphatic rings. The molecule has 0 saturated carbocycles. The van der Waals surface area contributed by atoms with E-state index in [9.17, 15) is 5.26 Å². The number of aryl methyl sites for hydroxylation is 1. The number of hydrogen-bond acceptors (Lipinski definition) is 3. The van der Waals surface area contributed by atoms with E-state index in [2.05, 4.69) is 71.7 Å². The van der Waals surface area contributed by atoms with E-state index >= 15 is 0 Å². The maximum atomic E-state index is 9.98. The topological polar surface area (TPSA) is 39.1 Å². The zero-order chi connectivity index (χ0) is 19.1. The third-order valence-electron chi connectivity index (χ3n) is 6.62. The molecular formula is C25H25N3. The minimum atomic E-state index is -0.472. The van der Waals surface area contributed by atoms with Crippen molar-refractivity contribution >= 4 is 16.5 Å². The van der Waals surface area contributed by atoms with Gasteiger partial charge in [0.25, 0.3) is 0 Å². The molecule has 140 valence electrons. The molecule has 0 amide bonds. The number of anilines is 1. The van der Waals surface area contributed by atoms with Gasteiger partial charge in [-0.2, -0.15) is 5.26 Å². The molecule has 1 unspecified atom stereocenters. The van der Waals surface area contributed by atoms with Crippen molar-refractivity contribution in [3.8, 4) is 6.07 Å². The normalized spacial score (nSPS) is 20.8. The van der Waals surface area contributed by atoms with Crippen molar-refractivity contribution in [3.05, 3.63) is 77.4 Å². The lowest BCUT2D eigenvalue weighted by Gasteiger charge is -2.41. The third-order valence-corrected chi connectivity index (χ3v) is 6.62. The van der Waals surface area contributed by atoms with Gasteiger partial charge >= 0.3 is 0 Å². The molecule has 0 spiro atoms. The fourth-order valence-electron chi connectivity index (χ4n) is 4.99. The summed E-state index contributed by atoms with van der Waals surface area (Å²) in [5, 5.41) is 16.4. The number of rotatable bonds is 3. The van der Waals surface area contributed by atoms with Gasteiger partial charge in [-0.25, -0.2) is 0 Å². The molecule has 3 heteroatoms. The van der Waals surface area contributed by atoms with E-state index in [1.54, 1.807) is 0 Å². The smallest absolute Gasteiger partial charge is 0.127 e. The molecule has 1 aliphatic heterocycles. The summed E-state index contributed by atoms with van der Waals surface area (Å²) in [5.74, 6) is 0. The lowest BCUT2D eigenvalue weighted by Crippen LogP contribution is -2.49. The highest BCUT2D eigenvalue weighted by atomic mass is 15.2. The van der Waals surface area contributed by atoms with Crippen LogP contribution in [0.3, 0.4) is 0 Å². The maximum Gasteiger partial charge on any atom is 0.127 e. The summed E-state index contributed by atoms with van der Waals surface area (Å²) in [7, 11) is 0. The van der Waals surface area contributed by atoms with E-state index in [4.69, 9.17) is 0 Å². The highest BCUT2D eigenvalue weighted by Crippen LogP contribution is 2.42. The van der Waals surface area contributed by atoms with Crippen LogP contribution in [-0.4, -0.2) is 23.5 Å². The van der Waals surface area contributed by atoms with Crippen LogP contribution >= 0.6 is 0 Å². The van der Waals surface area contributed by atoms with E-state index < -0.39 is 5.54 Å². The SMILES string of the molecule is Cc1ccccc1NC1(C#N)CCN(C2Cc3cccc4cccc2c34)CC1. The second kappa shape index (κ2) is 6.65. The first-order valence-corrected chi connectivity index (χ1v) is 10.2. The standard InChI is InChI=1S/C25H25N3/c1-18-6-2-3-11-22(18)27-25(17-26)12-14-28(15-13-25)23-16-20-9-4-7-19-8-5-10-21(23)24(19)20/h2-11,23,27H,12-16H2,1H3. The zero-order valence-corrected chi connectivity index (χ0v) is 16.3. The Bertz CT molecular complexity index is 1070. The molecule has 1 aliphatic carbocycles. The van der Waals surface area contributed by atoms with Gasteiger partial charge in [0.15, 0.2) is 0 Å². The lowest BCUT2D eigenvalue weighted by atomic mass is 9.87. The molecule has 1 N–H and O–H groups in total. The first-order chi connectivity index (χ1) is 13.7. The van der Waals surface area contributed by atoms with Crippen LogP contribution in [0.4, 0.5) is 5.69 Å². The van der Waals surface area contributed by atoms with E-state index in [-0.39, 0.29) is 0 Å². The van der Waals surface area contributed by atoms with Crippen molar-refractivity contribution in [1.29, 1.82) is 5.26 Å². The summed E-state index contributed by atoms with van der Waals surface area (Å²) in [6, 6.07) is 24.6. The highest BCUT2D eigenvalue weighted by Gasteiger charge is 2.39. The average molecular weight is 367 g/mol. The van der Waals surface area contributed by atoms with E-state index in [1.165, 1.54) is 27.5 Å². The van der Waals surface area contributed by atoms with Crippen LogP contribution < -0.4 is 5.32 Å². The molecule has 28 heavy (non-hydrogen) atoms. The van der Waals surface area contributed by atoms with E-state index in [0.29, 0.717) is 6.04 Å². The minimum Gasteiger partial charge on any atom is -0.367 e. The van der Waals surface area contributed by atoms with Crippen LogP contribution in [0, 0.1) is 18.3 Å². The molecule has 5 rings (SSSR count). The van der Waals surface area contributed by atoms with Crippen molar-refractivity contribution in [3.63, 3.8) is 0 Å². The highest BCUT2D eigenvalue weighted by molar-refractivity contribution is 5.91. The molecule has 1 saturated heterocycles. The second-order valence-corrected chi connectivity index (χ2v) is 8.25. The van der Waals surface area contributed by atoms with Crippen molar-refractivity contribution in [1.82, 2.24) is 4.90 Å². The second-order valence-electron chi connectivity index (χ2n) is 8.25. The van der Waals surface area contributed by atoms with Gasteiger partial charge in [0.05, 0.1) is 6.07 Å². The van der Waals surface area contributed by atoms with E-state index in [0.717, 1.165) is 38.0 Å². The average Bonchev–Trinajstić information content (AvgIpc) is 3.11. The number of nitriles is 1. The number of nitrogens with one attached hydrogen (secondary N) is 1. The van der Waals surface area contributed by atoms with Crippen LogP contribution in [0.15, 0.2) is 60.7 Å². The largest absolute Gasteiger partial charge is 0.367 e. The Kier molecular flexibility index (Phi) is 4.10. The van der Waals surface area contributed by atoms with Crippen molar-refractivity contribution in [2.75, 3.05) is 18.4 Å². The van der Waals surface area contributed by atoms with Gasteiger partial charge in [-0.05, 0) is 59.7 Å². The number of likely N-dealkylation sites (tertiary alicyclic amines) is 1. The van der Waals surface area contributed by atoms with Crippen LogP contribution in [-0.2, 0) is 6.42 Å². The molecule has 3 aromatic rings. The number of nitrogens with zero attached hydrogens (tertiary/aromatic N) is 2. The van der Waals surface area contributed by atoms with Crippen molar-refractivity contribution < 1.29 is 0 Å². The number of hydrogen-bond donors (Lipinski definition) is 1. The molecule has 1 atom stereocenters. The summed E-state index contributed by atoms with van der Waals surface area (Å²) < 4.78 is 0. The Morgan fingerprint density at radius 2 is 1.75 bits per heavy atom. The molecular weight excluding hydrogens is 342 g/mol. The molecule has 0 aromatic heterocycles. The lowest BCUT2D eigenvalue weighted by molar-refractivity contribution is 0.144. The summed E-state index contributed by atoms with van der Waals surface area (Å²) >= 11 is 0. The number of para-hydroxylation sites is 1. The van der Waals surface area contributed by atoms with Gasteiger partial charge in [-0.1, -0.05) is 54.6 Å². The fourth-order valence-corrected chi connectivity index (χ4v) is 4.99. The zero-order valence-electron chi connectivity index (χ0n) is 16.3. The Labute approximate surface area is 166 Å². The van der Waals surface area contributed by atoms with Gasteiger partial charge in [-0.3, -0.25) is 4.90 Å². The number of piperidine rings is 1. The quantitative estimate of drug-likeness (QED) is 0.690. The monoisotopic (exact) mass is 367 g/mol. The molecule has 0 bridgehead atoms. The van der Waals surface area contributed by atoms with E-state index in [1.807, 2.05) is 12.1 Å². The predicted molar refractivity (Wildman–Crippen MR) is 114 cm³/mol. The summed E-state index contributed by atoms with van der Waals surface area (Å²) in [6.45, 7) is 3.99. The summed E-state index contributed by atoms with van der Waals surface area (Å²) in [5.41, 5.74) is 4.73. The van der Waals surface area contributed by atoms with Gasteiger partial charge < -0.3 is 5.32 Å². The van der Waals surface area contributed by atoms with Crippen molar-refractivity contribution in [2.45, 2.75) is 37.8 Å². The van der Waals surface area contributed by atoms with Gasteiger partial charge in [-0.15, -0.1) is 0 Å². The maximum absolute atomic E-state index is 9.98. The fraction of sp³-hybridized carbons (Fsp3) is 0.320. The first-order valence-electron chi connectivity index (χ1n) is 10.2. The molecule has 3 nitrogen and oxygen atoms in total. The molecule has 3 aromatic carbocycles. The Morgan fingerprint density at radius 1 is 1.00 bits per heavy atom. The Morgan fingerprint density at radius 3 is 2.50 bits per heavy atom.